The van der Waals surface area contributed by atoms with Crippen molar-refractivity contribution in [3.8, 4) is 11.1 Å². The van der Waals surface area contributed by atoms with Crippen molar-refractivity contribution in [1.29, 1.82) is 0 Å². The highest BCUT2D eigenvalue weighted by Gasteiger charge is 2.27. The Balaban J connectivity index is 2.14. The Morgan fingerprint density at radius 3 is 2.71 bits per heavy atom. The molecule has 0 aromatic carbocycles. The number of halogens is 2. The van der Waals surface area contributed by atoms with Crippen LogP contribution in [0.2, 0.25) is 5.15 Å². The number of pyridine rings is 2. The predicted molar refractivity (Wildman–Crippen MR) is 101 cm³/mol. The zero-order valence-electron chi connectivity index (χ0n) is 14.3. The molecule has 3 aromatic heterocycles. The van der Waals surface area contributed by atoms with Crippen LogP contribution in [-0.4, -0.2) is 31.5 Å². The molecule has 7 nitrogen and oxygen atoms in total. The lowest BCUT2D eigenvalue weighted by Crippen LogP contribution is -2.18. The molecule has 0 unspecified atom stereocenters. The van der Waals surface area contributed by atoms with Gasteiger partial charge < -0.3 is 10.1 Å². The molecule has 0 radical (unpaired) electrons. The minimum Gasteiger partial charge on any atom is -0.444 e. The number of carbonyl (C=O) groups is 1. The van der Waals surface area contributed by atoms with Gasteiger partial charge in [-0.25, -0.2) is 23.2 Å². The van der Waals surface area contributed by atoms with Crippen LogP contribution in [0.1, 0.15) is 4.88 Å². The number of amides is 1. The summed E-state index contributed by atoms with van der Waals surface area (Å²) in [7, 11) is -2.64. The third-order valence-corrected chi connectivity index (χ3v) is 7.20. The molecular weight excluding hydrogens is 429 g/mol. The summed E-state index contributed by atoms with van der Waals surface area (Å²) in [6.45, 7) is -0.175. The van der Waals surface area contributed by atoms with Gasteiger partial charge in [-0.2, -0.15) is 4.39 Å². The third kappa shape index (κ3) is 4.13. The Kier molecular flexibility index (Phi) is 5.92. The lowest BCUT2D eigenvalue weighted by molar-refractivity contribution is 0.143. The number of rotatable bonds is 5. The minimum atomic E-state index is -4.04. The number of hydrogen-bond acceptors (Lipinski definition) is 7. The lowest BCUT2D eigenvalue weighted by atomic mass is 10.1. The number of alkyl carbamates (subject to hydrolysis) is 1. The van der Waals surface area contributed by atoms with Gasteiger partial charge in [0.05, 0.1) is 4.90 Å². The van der Waals surface area contributed by atoms with Gasteiger partial charge in [0.15, 0.2) is 0 Å². The topological polar surface area (TPSA) is 98.2 Å². The van der Waals surface area contributed by atoms with Gasteiger partial charge in [-0.3, -0.25) is 0 Å². The molecule has 0 bridgehead atoms. The monoisotopic (exact) mass is 441 g/mol. The van der Waals surface area contributed by atoms with Crippen molar-refractivity contribution < 1.29 is 22.3 Å². The molecule has 3 aromatic rings. The van der Waals surface area contributed by atoms with Gasteiger partial charge in [-0.05, 0) is 30.3 Å². The first-order valence-corrected chi connectivity index (χ1v) is 10.5. The molecule has 0 aliphatic carbocycles. The SMILES string of the molecule is CNC(=O)OCc1cc(-c2cccnc2F)c(S(=O)(=O)c2ccnc(Cl)c2)s1. The standard InChI is InChI=1S/C17H13ClFN3O4S2/c1-20-17(23)26-9-10-7-13(12-3-2-5-22-15(12)19)16(27-10)28(24,25)11-4-6-21-14(18)8-11/h2-8H,9H2,1H3,(H,20,23). The van der Waals surface area contributed by atoms with E-state index in [1.165, 1.54) is 49.8 Å². The molecule has 0 atom stereocenters. The number of thiophene rings is 1. The Hall–Kier alpha value is -2.56. The van der Waals surface area contributed by atoms with Crippen molar-refractivity contribution >= 4 is 38.9 Å². The van der Waals surface area contributed by atoms with E-state index >= 15 is 0 Å². The van der Waals surface area contributed by atoms with Crippen LogP contribution in [0.25, 0.3) is 11.1 Å². The summed E-state index contributed by atoms with van der Waals surface area (Å²) in [4.78, 5) is 19.0. The number of sulfone groups is 1. The predicted octanol–water partition coefficient (Wildman–Crippen LogP) is 3.69. The van der Waals surface area contributed by atoms with Crippen molar-refractivity contribution in [2.24, 2.45) is 0 Å². The van der Waals surface area contributed by atoms with E-state index in [1.807, 2.05) is 0 Å². The summed E-state index contributed by atoms with van der Waals surface area (Å²) < 4.78 is 45.4. The van der Waals surface area contributed by atoms with Crippen molar-refractivity contribution in [3.05, 3.63) is 58.7 Å². The molecular formula is C17H13ClFN3O4S2. The van der Waals surface area contributed by atoms with Crippen LogP contribution in [0.5, 0.6) is 0 Å². The fourth-order valence-corrected chi connectivity index (χ4v) is 5.61. The quantitative estimate of drug-likeness (QED) is 0.606. The Morgan fingerprint density at radius 1 is 1.25 bits per heavy atom. The van der Waals surface area contributed by atoms with E-state index in [0.717, 1.165) is 11.3 Å². The lowest BCUT2D eigenvalue weighted by Gasteiger charge is -2.06. The van der Waals surface area contributed by atoms with E-state index < -0.39 is 21.9 Å². The van der Waals surface area contributed by atoms with Crippen molar-refractivity contribution in [3.63, 3.8) is 0 Å². The average molecular weight is 442 g/mol. The zero-order chi connectivity index (χ0) is 20.3. The maximum Gasteiger partial charge on any atom is 0.407 e. The van der Waals surface area contributed by atoms with Crippen LogP contribution in [0.3, 0.4) is 0 Å². The zero-order valence-corrected chi connectivity index (χ0v) is 16.7. The molecule has 3 heterocycles. The number of nitrogens with one attached hydrogen (secondary N) is 1. The van der Waals surface area contributed by atoms with Crippen LogP contribution in [0.4, 0.5) is 9.18 Å². The summed E-state index contributed by atoms with van der Waals surface area (Å²) in [5, 5.41) is 2.30. The summed E-state index contributed by atoms with van der Waals surface area (Å²) in [6.07, 6.45) is 1.85. The normalized spacial score (nSPS) is 11.2. The highest BCUT2D eigenvalue weighted by Crippen LogP contribution is 2.39. The Bertz CT molecular complexity index is 1130. The second-order valence-electron chi connectivity index (χ2n) is 5.40. The van der Waals surface area contributed by atoms with Gasteiger partial charge in [-0.15, -0.1) is 11.3 Å². The molecule has 0 aliphatic heterocycles. The first kappa shape index (κ1) is 20.2. The van der Waals surface area contributed by atoms with Gasteiger partial charge in [0.2, 0.25) is 15.8 Å². The van der Waals surface area contributed by atoms with Crippen LogP contribution in [0, 0.1) is 5.95 Å². The van der Waals surface area contributed by atoms with E-state index in [4.69, 9.17) is 16.3 Å². The molecule has 0 saturated carbocycles. The fraction of sp³-hybridized carbons (Fsp3) is 0.118. The smallest absolute Gasteiger partial charge is 0.407 e. The fourth-order valence-electron chi connectivity index (χ4n) is 2.34. The molecule has 3 rings (SSSR count). The van der Waals surface area contributed by atoms with Crippen LogP contribution in [0.15, 0.2) is 51.8 Å². The van der Waals surface area contributed by atoms with E-state index in [-0.39, 0.29) is 32.0 Å². The summed E-state index contributed by atoms with van der Waals surface area (Å²) in [6, 6.07) is 6.89. The Morgan fingerprint density at radius 2 is 2.04 bits per heavy atom. The van der Waals surface area contributed by atoms with Gasteiger partial charge in [0.1, 0.15) is 16.0 Å². The molecule has 1 N–H and O–H groups in total. The minimum absolute atomic E-state index is 0.00918. The number of nitrogens with zero attached hydrogens (tertiary/aromatic N) is 2. The molecule has 1 amide bonds. The third-order valence-electron chi connectivity index (χ3n) is 3.60. The summed E-state index contributed by atoms with van der Waals surface area (Å²) in [5.74, 6) is -0.816. The number of aromatic nitrogens is 2. The van der Waals surface area contributed by atoms with E-state index in [2.05, 4.69) is 15.3 Å². The van der Waals surface area contributed by atoms with E-state index in [0.29, 0.717) is 4.88 Å². The molecule has 0 fully saturated rings. The number of hydrogen-bond donors (Lipinski definition) is 1. The van der Waals surface area contributed by atoms with Gasteiger partial charge in [0, 0.05) is 35.4 Å². The largest absolute Gasteiger partial charge is 0.444 e. The first-order chi connectivity index (χ1) is 13.3. The molecule has 146 valence electrons. The summed E-state index contributed by atoms with van der Waals surface area (Å²) in [5.41, 5.74) is 0.141. The van der Waals surface area contributed by atoms with Crippen molar-refractivity contribution in [1.82, 2.24) is 15.3 Å². The van der Waals surface area contributed by atoms with E-state index in [1.54, 1.807) is 0 Å². The van der Waals surface area contributed by atoms with Crippen LogP contribution < -0.4 is 5.32 Å². The first-order valence-electron chi connectivity index (χ1n) is 7.77. The second-order valence-corrected chi connectivity index (χ2v) is 9.07. The molecule has 0 saturated heterocycles. The number of carbonyl (C=O) groups excluding carboxylic acids is 1. The van der Waals surface area contributed by atoms with E-state index in [9.17, 15) is 17.6 Å². The van der Waals surface area contributed by atoms with Gasteiger partial charge >= 0.3 is 6.09 Å². The molecule has 0 aliphatic rings. The number of ether oxygens (including phenoxy) is 1. The average Bonchev–Trinajstić information content (AvgIpc) is 3.11. The maximum absolute atomic E-state index is 14.3. The van der Waals surface area contributed by atoms with Crippen LogP contribution >= 0.6 is 22.9 Å². The van der Waals surface area contributed by atoms with Crippen molar-refractivity contribution in [2.75, 3.05) is 7.05 Å². The van der Waals surface area contributed by atoms with Crippen molar-refractivity contribution in [2.45, 2.75) is 15.7 Å². The second kappa shape index (κ2) is 8.21. The molecule has 0 spiro atoms. The summed E-state index contributed by atoms with van der Waals surface area (Å²) >= 11 is 6.69. The highest BCUT2D eigenvalue weighted by atomic mass is 35.5. The van der Waals surface area contributed by atoms with Gasteiger partial charge in [0.25, 0.3) is 0 Å². The highest BCUT2D eigenvalue weighted by molar-refractivity contribution is 7.93. The van der Waals surface area contributed by atoms with Crippen LogP contribution in [-0.2, 0) is 21.2 Å². The molecule has 11 heteroatoms. The van der Waals surface area contributed by atoms with Gasteiger partial charge in [-0.1, -0.05) is 11.6 Å². The molecule has 28 heavy (non-hydrogen) atoms. The Labute approximate surface area is 169 Å². The maximum atomic E-state index is 14.3.